The van der Waals surface area contributed by atoms with Gasteiger partial charge in [0.05, 0.1) is 11.1 Å². The maximum atomic E-state index is 12.6. The summed E-state index contributed by atoms with van der Waals surface area (Å²) in [4.78, 5) is 49.0. The van der Waals surface area contributed by atoms with Crippen LogP contribution >= 0.6 is 0 Å². The normalized spacial score (nSPS) is 12.1. The van der Waals surface area contributed by atoms with E-state index in [4.69, 9.17) is 8.83 Å². The van der Waals surface area contributed by atoms with Crippen molar-refractivity contribution in [3.05, 3.63) is 164 Å². The first kappa shape index (κ1) is 25.1. The maximum absolute atomic E-state index is 12.6. The Labute approximate surface area is 239 Å². The zero-order valence-corrected chi connectivity index (χ0v) is 22.0. The first-order valence-electron chi connectivity index (χ1n) is 13.3. The molecule has 2 aromatic heterocycles. The van der Waals surface area contributed by atoms with Gasteiger partial charge in [-0.3, -0.25) is 9.59 Å². The first-order valence-corrected chi connectivity index (χ1v) is 13.3. The number of hydrogen-bond donors (Lipinski definition) is 0. The molecule has 0 radical (unpaired) electrons. The average molecular weight is 549 g/mol. The van der Waals surface area contributed by atoms with Crippen LogP contribution in [0.1, 0.15) is 31.8 Å². The highest BCUT2D eigenvalue weighted by molar-refractivity contribution is 6.24. The molecule has 0 atom stereocenters. The predicted molar refractivity (Wildman–Crippen MR) is 159 cm³/mol. The van der Waals surface area contributed by atoms with Gasteiger partial charge in [0.1, 0.15) is 11.5 Å². The lowest BCUT2D eigenvalue weighted by Gasteiger charge is -2.05. The summed E-state index contributed by atoms with van der Waals surface area (Å²) in [6.07, 6.45) is 0. The fourth-order valence-electron chi connectivity index (χ4n) is 5.55. The molecule has 2 aliphatic rings. The van der Waals surface area contributed by atoms with Gasteiger partial charge in [0.15, 0.2) is 11.6 Å². The molecule has 0 bridgehead atoms. The lowest BCUT2D eigenvalue weighted by Crippen LogP contribution is -2.04. The predicted octanol–water partition coefficient (Wildman–Crippen LogP) is 7.04. The summed E-state index contributed by atoms with van der Waals surface area (Å²) < 4.78 is 10.7. The Morgan fingerprint density at radius 1 is 0.357 bits per heavy atom. The average Bonchev–Trinajstić information content (AvgIpc) is 3.48. The SMILES string of the molecule is O=C1c2ccccc2-c2cc(=O)oc(-c3ccccc3)c21.O=C1c2ccccc2-c2cc(=O)oc(-c3ccccc3)c21. The van der Waals surface area contributed by atoms with Crippen LogP contribution in [0.25, 0.3) is 44.9 Å². The Morgan fingerprint density at radius 2 is 0.690 bits per heavy atom. The van der Waals surface area contributed by atoms with Gasteiger partial charge >= 0.3 is 11.3 Å². The second-order valence-corrected chi connectivity index (χ2v) is 9.85. The van der Waals surface area contributed by atoms with Crippen LogP contribution in [0.15, 0.2) is 140 Å². The molecule has 0 spiro atoms. The van der Waals surface area contributed by atoms with Crippen LogP contribution < -0.4 is 11.3 Å². The number of benzene rings is 4. The summed E-state index contributed by atoms with van der Waals surface area (Å²) in [5, 5.41) is 0. The summed E-state index contributed by atoms with van der Waals surface area (Å²) in [5.41, 5.74) is 5.65. The largest absolute Gasteiger partial charge is 0.422 e. The van der Waals surface area contributed by atoms with Crippen molar-refractivity contribution in [2.75, 3.05) is 0 Å². The van der Waals surface area contributed by atoms with E-state index in [2.05, 4.69) is 0 Å². The standard InChI is InChI=1S/2C18H10O3/c2*19-15-10-14-12-8-4-5-9-13(12)17(20)16(14)18(21-15)11-6-2-1-3-7-11/h2*1-10H. The van der Waals surface area contributed by atoms with Crippen molar-refractivity contribution in [3.8, 4) is 44.9 Å². The van der Waals surface area contributed by atoms with Crippen LogP contribution in [0.5, 0.6) is 0 Å². The Bertz CT molecular complexity index is 2000. The maximum Gasteiger partial charge on any atom is 0.336 e. The summed E-state index contributed by atoms with van der Waals surface area (Å²) in [7, 11) is 0. The van der Waals surface area contributed by atoms with E-state index in [1.165, 1.54) is 12.1 Å². The lowest BCUT2D eigenvalue weighted by molar-refractivity contribution is 0.103. The topological polar surface area (TPSA) is 94.6 Å². The smallest absolute Gasteiger partial charge is 0.336 e. The van der Waals surface area contributed by atoms with Gasteiger partial charge in [-0.15, -0.1) is 0 Å². The van der Waals surface area contributed by atoms with Gasteiger partial charge in [0.25, 0.3) is 0 Å². The van der Waals surface area contributed by atoms with Crippen molar-refractivity contribution >= 4 is 11.6 Å². The van der Waals surface area contributed by atoms with Gasteiger partial charge in [-0.25, -0.2) is 9.59 Å². The van der Waals surface area contributed by atoms with Crippen LogP contribution in [0.2, 0.25) is 0 Å². The molecule has 0 aliphatic heterocycles. The molecule has 8 rings (SSSR count). The molecule has 0 unspecified atom stereocenters. The van der Waals surface area contributed by atoms with Gasteiger partial charge in [-0.1, -0.05) is 109 Å². The molecule has 2 aliphatic carbocycles. The number of fused-ring (bicyclic) bond motifs is 6. The van der Waals surface area contributed by atoms with Crippen molar-refractivity contribution < 1.29 is 18.4 Å². The minimum atomic E-state index is -0.447. The van der Waals surface area contributed by atoms with Gasteiger partial charge in [0, 0.05) is 45.5 Å². The van der Waals surface area contributed by atoms with Crippen molar-refractivity contribution in [2.24, 2.45) is 0 Å². The fraction of sp³-hybridized carbons (Fsp3) is 0. The number of hydrogen-bond acceptors (Lipinski definition) is 6. The molecule has 0 N–H and O–H groups in total. The van der Waals surface area contributed by atoms with Crippen LogP contribution in [0.3, 0.4) is 0 Å². The summed E-state index contributed by atoms with van der Waals surface area (Å²) in [5.74, 6) is 0.505. The van der Waals surface area contributed by atoms with Gasteiger partial charge in [-0.05, 0) is 11.1 Å². The third-order valence-electron chi connectivity index (χ3n) is 7.37. The number of carbonyl (C=O) groups is 2. The molecule has 42 heavy (non-hydrogen) atoms. The monoisotopic (exact) mass is 548 g/mol. The second-order valence-electron chi connectivity index (χ2n) is 9.85. The van der Waals surface area contributed by atoms with Gasteiger partial charge in [0.2, 0.25) is 0 Å². The lowest BCUT2D eigenvalue weighted by atomic mass is 10.0. The molecule has 2 heterocycles. The Balaban J connectivity index is 0.000000137. The van der Waals surface area contributed by atoms with Gasteiger partial charge < -0.3 is 8.83 Å². The van der Waals surface area contributed by atoms with E-state index >= 15 is 0 Å². The Kier molecular flexibility index (Phi) is 5.95. The highest BCUT2D eigenvalue weighted by atomic mass is 16.4. The van der Waals surface area contributed by atoms with Crippen molar-refractivity contribution in [2.45, 2.75) is 0 Å². The van der Waals surface area contributed by atoms with Gasteiger partial charge in [-0.2, -0.15) is 0 Å². The van der Waals surface area contributed by atoms with Crippen LogP contribution in [0, 0.1) is 0 Å². The minimum absolute atomic E-state index is 0.0943. The second kappa shape index (κ2) is 9.94. The number of rotatable bonds is 2. The van der Waals surface area contributed by atoms with Crippen molar-refractivity contribution in [1.82, 2.24) is 0 Å². The molecular weight excluding hydrogens is 528 g/mol. The van der Waals surface area contributed by atoms with Crippen LogP contribution in [-0.2, 0) is 0 Å². The summed E-state index contributed by atoms with van der Waals surface area (Å²) in [6, 6.07) is 35.9. The number of ketones is 2. The molecule has 0 fully saturated rings. The van der Waals surface area contributed by atoms with E-state index in [0.717, 1.165) is 22.3 Å². The molecular formula is C36H20O6. The van der Waals surface area contributed by atoms with Crippen LogP contribution in [0.4, 0.5) is 0 Å². The van der Waals surface area contributed by atoms with Crippen LogP contribution in [-0.4, -0.2) is 11.6 Å². The molecule has 0 saturated heterocycles. The van der Waals surface area contributed by atoms with E-state index < -0.39 is 11.3 Å². The highest BCUT2D eigenvalue weighted by Gasteiger charge is 2.32. The fourth-order valence-corrected chi connectivity index (χ4v) is 5.55. The molecule has 6 nitrogen and oxygen atoms in total. The van der Waals surface area contributed by atoms with E-state index in [0.29, 0.717) is 44.9 Å². The first-order chi connectivity index (χ1) is 20.5. The molecule has 6 heteroatoms. The van der Waals surface area contributed by atoms with Crippen molar-refractivity contribution in [3.63, 3.8) is 0 Å². The Morgan fingerprint density at radius 3 is 1.07 bits per heavy atom. The molecule has 4 aromatic carbocycles. The minimum Gasteiger partial charge on any atom is -0.422 e. The van der Waals surface area contributed by atoms with E-state index in [1.807, 2.05) is 97.1 Å². The molecule has 0 saturated carbocycles. The third-order valence-corrected chi connectivity index (χ3v) is 7.37. The van der Waals surface area contributed by atoms with E-state index in [1.54, 1.807) is 12.1 Å². The molecule has 200 valence electrons. The highest BCUT2D eigenvalue weighted by Crippen LogP contribution is 2.41. The number of carbonyl (C=O) groups excluding carboxylic acids is 2. The summed E-state index contributed by atoms with van der Waals surface area (Å²) in [6.45, 7) is 0. The van der Waals surface area contributed by atoms with E-state index in [-0.39, 0.29) is 11.6 Å². The summed E-state index contributed by atoms with van der Waals surface area (Å²) >= 11 is 0. The molecule has 0 amide bonds. The van der Waals surface area contributed by atoms with E-state index in [9.17, 15) is 19.2 Å². The quantitative estimate of drug-likeness (QED) is 0.230. The zero-order chi connectivity index (χ0) is 28.8. The zero-order valence-electron chi connectivity index (χ0n) is 22.0. The third kappa shape index (κ3) is 4.05. The molecule has 6 aromatic rings. The Hall–Kier alpha value is -5.88. The van der Waals surface area contributed by atoms with Crippen molar-refractivity contribution in [1.29, 1.82) is 0 Å².